The first-order chi connectivity index (χ1) is 11.2. The first kappa shape index (κ1) is 17.0. The van der Waals surface area contributed by atoms with Crippen molar-refractivity contribution in [2.75, 3.05) is 18.5 Å². The first-order valence-corrected chi connectivity index (χ1v) is 9.55. The van der Waals surface area contributed by atoms with E-state index in [2.05, 4.69) is 40.6 Å². The summed E-state index contributed by atoms with van der Waals surface area (Å²) in [5, 5.41) is 7.32. The van der Waals surface area contributed by atoms with Crippen LogP contribution in [0.1, 0.15) is 37.6 Å². The second-order valence-corrected chi connectivity index (χ2v) is 9.08. The fraction of sp³-hybridized carbons (Fsp3) is 0.471. The zero-order chi connectivity index (χ0) is 17.5. The van der Waals surface area contributed by atoms with Crippen molar-refractivity contribution in [2.24, 2.45) is 0 Å². The minimum Gasteiger partial charge on any atom is -0.367 e. The normalized spacial score (nSPS) is 14.9. The monoisotopic (exact) mass is 348 g/mol. The molecule has 24 heavy (non-hydrogen) atoms. The molecule has 3 rings (SSSR count). The summed E-state index contributed by atoms with van der Waals surface area (Å²) in [6.07, 6.45) is 2.74. The van der Waals surface area contributed by atoms with Crippen LogP contribution in [0.15, 0.2) is 29.3 Å². The highest BCUT2D eigenvalue weighted by Crippen LogP contribution is 2.33. The van der Waals surface area contributed by atoms with Crippen molar-refractivity contribution in [2.45, 2.75) is 44.0 Å². The van der Waals surface area contributed by atoms with E-state index in [1.165, 1.54) is 12.6 Å². The maximum absolute atomic E-state index is 12.0. The number of anilines is 1. The van der Waals surface area contributed by atoms with Crippen LogP contribution in [-0.4, -0.2) is 32.2 Å². The minimum atomic E-state index is -3.40. The molecule has 0 saturated heterocycles. The van der Waals surface area contributed by atoms with Crippen LogP contribution in [0.2, 0.25) is 0 Å². The number of nitrogens with one attached hydrogen (secondary N) is 2. The van der Waals surface area contributed by atoms with Crippen LogP contribution in [0.3, 0.4) is 0 Å². The molecule has 2 N–H and O–H groups in total. The van der Waals surface area contributed by atoms with E-state index in [0.29, 0.717) is 4.90 Å². The second-order valence-electron chi connectivity index (χ2n) is 7.19. The van der Waals surface area contributed by atoms with Crippen LogP contribution in [0, 0.1) is 0 Å². The number of rotatable bonds is 4. The number of H-pyrrole nitrogens is 1. The van der Waals surface area contributed by atoms with E-state index >= 15 is 0 Å². The summed E-state index contributed by atoms with van der Waals surface area (Å²) in [6, 6.07) is 5.35. The Bertz CT molecular complexity index is 850. The number of nitrogens with zero attached hydrogens (tertiary/aromatic N) is 2. The highest BCUT2D eigenvalue weighted by atomic mass is 32.2. The molecule has 0 amide bonds. The Morgan fingerprint density at radius 2 is 2.08 bits per heavy atom. The van der Waals surface area contributed by atoms with Gasteiger partial charge in [0, 0.05) is 35.4 Å². The van der Waals surface area contributed by atoms with Crippen LogP contribution in [0.25, 0.3) is 0 Å². The van der Waals surface area contributed by atoms with Gasteiger partial charge in [-0.2, -0.15) is 5.10 Å². The van der Waals surface area contributed by atoms with E-state index in [1.807, 2.05) is 12.3 Å². The van der Waals surface area contributed by atoms with Gasteiger partial charge >= 0.3 is 0 Å². The number of hydrogen-bond acceptors (Lipinski definition) is 4. The van der Waals surface area contributed by atoms with Crippen molar-refractivity contribution >= 4 is 15.7 Å². The topological polar surface area (TPSA) is 78.1 Å². The Morgan fingerprint density at radius 1 is 1.33 bits per heavy atom. The third-order valence-electron chi connectivity index (χ3n) is 4.45. The van der Waals surface area contributed by atoms with Crippen molar-refractivity contribution in [3.8, 4) is 0 Å². The number of aromatic amines is 1. The predicted octanol–water partition coefficient (Wildman–Crippen LogP) is 2.18. The highest BCUT2D eigenvalue weighted by Gasteiger charge is 2.25. The Kier molecular flexibility index (Phi) is 4.17. The Labute approximate surface area is 143 Å². The molecule has 0 saturated carbocycles. The van der Waals surface area contributed by atoms with E-state index in [1.54, 1.807) is 12.1 Å². The summed E-state index contributed by atoms with van der Waals surface area (Å²) in [5.74, 6) is 0. The van der Waals surface area contributed by atoms with Gasteiger partial charge in [0.15, 0.2) is 0 Å². The number of hydrogen-bond donors (Lipinski definition) is 2. The van der Waals surface area contributed by atoms with E-state index in [0.717, 1.165) is 36.5 Å². The summed E-state index contributed by atoms with van der Waals surface area (Å²) in [7, 11) is -1.96. The molecule has 2 heterocycles. The molecule has 0 unspecified atom stereocenters. The average molecular weight is 348 g/mol. The maximum atomic E-state index is 12.0. The van der Waals surface area contributed by atoms with Crippen LogP contribution in [-0.2, 0) is 28.4 Å². The standard InChI is InChI=1S/C17H24N4O2S/c1-17(2,3)16-13(10-19-20-16)11-21-8-7-12-9-14(5-6-15(12)21)24(22,23)18-4/h5-6,9-10,18H,7-8,11H2,1-4H3,(H,19,20). The number of benzene rings is 1. The van der Waals surface area contributed by atoms with Gasteiger partial charge in [0.1, 0.15) is 0 Å². The molecule has 0 atom stereocenters. The van der Waals surface area contributed by atoms with E-state index in [4.69, 9.17) is 0 Å². The van der Waals surface area contributed by atoms with Crippen molar-refractivity contribution < 1.29 is 8.42 Å². The van der Waals surface area contributed by atoms with Crippen LogP contribution >= 0.6 is 0 Å². The molecule has 0 aliphatic carbocycles. The second kappa shape index (κ2) is 5.89. The summed E-state index contributed by atoms with van der Waals surface area (Å²) >= 11 is 0. The Morgan fingerprint density at radius 3 is 2.75 bits per heavy atom. The Balaban J connectivity index is 1.88. The van der Waals surface area contributed by atoms with E-state index in [9.17, 15) is 8.42 Å². The highest BCUT2D eigenvalue weighted by molar-refractivity contribution is 7.89. The molecule has 130 valence electrons. The SMILES string of the molecule is CNS(=O)(=O)c1ccc2c(c1)CCN2Cc1cn[nH]c1C(C)(C)C. The molecular formula is C17H24N4O2S. The molecule has 2 aromatic rings. The average Bonchev–Trinajstić information content (AvgIpc) is 3.14. The molecule has 6 nitrogen and oxygen atoms in total. The molecule has 1 aromatic carbocycles. The van der Waals surface area contributed by atoms with Gasteiger partial charge in [-0.15, -0.1) is 0 Å². The fourth-order valence-corrected chi connectivity index (χ4v) is 3.96. The lowest BCUT2D eigenvalue weighted by atomic mass is 9.89. The van der Waals surface area contributed by atoms with E-state index in [-0.39, 0.29) is 5.41 Å². The summed E-state index contributed by atoms with van der Waals surface area (Å²) in [4.78, 5) is 2.61. The molecule has 0 radical (unpaired) electrons. The molecule has 0 spiro atoms. The quantitative estimate of drug-likeness (QED) is 0.888. The van der Waals surface area contributed by atoms with Crippen molar-refractivity contribution in [1.29, 1.82) is 0 Å². The number of aromatic nitrogens is 2. The van der Waals surface area contributed by atoms with Crippen molar-refractivity contribution in [3.05, 3.63) is 41.2 Å². The molecule has 1 aliphatic heterocycles. The third-order valence-corrected chi connectivity index (χ3v) is 5.86. The van der Waals surface area contributed by atoms with Crippen LogP contribution < -0.4 is 9.62 Å². The third kappa shape index (κ3) is 3.06. The Hall–Kier alpha value is -1.86. The van der Waals surface area contributed by atoms with Gasteiger partial charge in [0.25, 0.3) is 0 Å². The van der Waals surface area contributed by atoms with Crippen molar-refractivity contribution in [3.63, 3.8) is 0 Å². The smallest absolute Gasteiger partial charge is 0.240 e. The molecule has 1 aromatic heterocycles. The lowest BCUT2D eigenvalue weighted by Gasteiger charge is -2.23. The summed E-state index contributed by atoms with van der Waals surface area (Å²) < 4.78 is 26.3. The molecule has 0 fully saturated rings. The lowest BCUT2D eigenvalue weighted by Crippen LogP contribution is -2.23. The first-order valence-electron chi connectivity index (χ1n) is 8.06. The predicted molar refractivity (Wildman–Crippen MR) is 94.7 cm³/mol. The van der Waals surface area contributed by atoms with Gasteiger partial charge in [-0.1, -0.05) is 20.8 Å². The number of sulfonamides is 1. The summed E-state index contributed by atoms with van der Waals surface area (Å²) in [5.41, 5.74) is 4.52. The fourth-order valence-electron chi connectivity index (χ4n) is 3.18. The molecule has 1 aliphatic rings. The van der Waals surface area contributed by atoms with Gasteiger partial charge in [0.05, 0.1) is 11.1 Å². The van der Waals surface area contributed by atoms with Gasteiger partial charge in [0.2, 0.25) is 10.0 Å². The van der Waals surface area contributed by atoms with Gasteiger partial charge in [-0.3, -0.25) is 5.10 Å². The van der Waals surface area contributed by atoms with Crippen molar-refractivity contribution in [1.82, 2.24) is 14.9 Å². The zero-order valence-corrected chi connectivity index (χ0v) is 15.4. The lowest BCUT2D eigenvalue weighted by molar-refractivity contribution is 0.559. The van der Waals surface area contributed by atoms with Gasteiger partial charge in [-0.05, 0) is 37.2 Å². The maximum Gasteiger partial charge on any atom is 0.240 e. The minimum absolute atomic E-state index is 0.0130. The molecule has 0 bridgehead atoms. The van der Waals surface area contributed by atoms with Gasteiger partial charge < -0.3 is 4.90 Å². The molecular weight excluding hydrogens is 324 g/mol. The number of fused-ring (bicyclic) bond motifs is 1. The van der Waals surface area contributed by atoms with E-state index < -0.39 is 10.0 Å². The van der Waals surface area contributed by atoms with Crippen LogP contribution in [0.4, 0.5) is 5.69 Å². The largest absolute Gasteiger partial charge is 0.367 e. The van der Waals surface area contributed by atoms with Crippen LogP contribution in [0.5, 0.6) is 0 Å². The van der Waals surface area contributed by atoms with Gasteiger partial charge in [-0.25, -0.2) is 13.1 Å². The summed E-state index contributed by atoms with van der Waals surface area (Å²) in [6.45, 7) is 8.14. The zero-order valence-electron chi connectivity index (χ0n) is 14.5. The molecule has 7 heteroatoms.